The third-order valence-corrected chi connectivity index (χ3v) is 2.38. The molecule has 92 valence electrons. The first kappa shape index (κ1) is 12.0. The average molecular weight is 243 g/mol. The molecule has 1 aromatic heterocycles. The van der Waals surface area contributed by atoms with Crippen LogP contribution in [0.3, 0.4) is 0 Å². The van der Waals surface area contributed by atoms with E-state index in [1.54, 1.807) is 37.5 Å². The maximum atomic E-state index is 11.6. The summed E-state index contributed by atoms with van der Waals surface area (Å²) in [6, 6.07) is 7.11. The summed E-state index contributed by atoms with van der Waals surface area (Å²) < 4.78 is 4.95. The number of rotatable bonds is 3. The summed E-state index contributed by atoms with van der Waals surface area (Å²) in [6.07, 6.45) is 3.24. The number of esters is 1. The van der Waals surface area contributed by atoms with Crippen LogP contribution < -0.4 is 5.73 Å². The van der Waals surface area contributed by atoms with Crippen LogP contribution in [0.1, 0.15) is 17.3 Å². The van der Waals surface area contributed by atoms with Gasteiger partial charge in [-0.2, -0.15) is 0 Å². The summed E-state index contributed by atoms with van der Waals surface area (Å²) in [5.41, 5.74) is 7.58. The molecule has 2 N–H and O–H groups in total. The van der Waals surface area contributed by atoms with Gasteiger partial charge in [-0.25, -0.2) is 14.8 Å². The number of nitrogen functional groups attached to an aromatic ring is 1. The Balaban J connectivity index is 2.32. The van der Waals surface area contributed by atoms with E-state index in [1.807, 2.05) is 6.07 Å². The van der Waals surface area contributed by atoms with Crippen LogP contribution in [-0.2, 0) is 4.74 Å². The van der Waals surface area contributed by atoms with Gasteiger partial charge in [-0.3, -0.25) is 0 Å². The molecule has 0 atom stereocenters. The summed E-state index contributed by atoms with van der Waals surface area (Å²) in [5, 5.41) is 0. The van der Waals surface area contributed by atoms with Crippen molar-refractivity contribution in [3.8, 4) is 11.1 Å². The number of hydrogen-bond acceptors (Lipinski definition) is 5. The summed E-state index contributed by atoms with van der Waals surface area (Å²) in [5.74, 6) is -0.115. The molecule has 0 aliphatic heterocycles. The molecule has 2 rings (SSSR count). The van der Waals surface area contributed by atoms with Gasteiger partial charge in [-0.05, 0) is 24.6 Å². The van der Waals surface area contributed by atoms with E-state index in [1.165, 1.54) is 0 Å². The van der Waals surface area contributed by atoms with Gasteiger partial charge in [0.05, 0.1) is 12.2 Å². The van der Waals surface area contributed by atoms with E-state index in [0.29, 0.717) is 12.2 Å². The molecule has 0 aliphatic carbocycles. The van der Waals surface area contributed by atoms with Crippen LogP contribution in [0, 0.1) is 0 Å². The summed E-state index contributed by atoms with van der Waals surface area (Å²) in [6.45, 7) is 2.13. The maximum absolute atomic E-state index is 11.6. The minimum Gasteiger partial charge on any atom is -0.462 e. The number of aromatic nitrogens is 2. The Kier molecular flexibility index (Phi) is 3.52. The smallest absolute Gasteiger partial charge is 0.338 e. The normalized spacial score (nSPS) is 10.1. The van der Waals surface area contributed by atoms with Crippen molar-refractivity contribution in [1.82, 2.24) is 9.97 Å². The van der Waals surface area contributed by atoms with E-state index in [-0.39, 0.29) is 11.9 Å². The number of carbonyl (C=O) groups is 1. The molecule has 0 unspecified atom stereocenters. The van der Waals surface area contributed by atoms with E-state index < -0.39 is 0 Å². The van der Waals surface area contributed by atoms with Gasteiger partial charge in [0.15, 0.2) is 0 Å². The van der Waals surface area contributed by atoms with Crippen molar-refractivity contribution in [2.45, 2.75) is 6.92 Å². The number of anilines is 1. The summed E-state index contributed by atoms with van der Waals surface area (Å²) in [7, 11) is 0. The van der Waals surface area contributed by atoms with Crippen molar-refractivity contribution in [2.75, 3.05) is 12.3 Å². The lowest BCUT2D eigenvalue weighted by Crippen LogP contribution is -2.04. The molecule has 0 spiro atoms. The number of ether oxygens (including phenoxy) is 1. The van der Waals surface area contributed by atoms with Gasteiger partial charge in [0.25, 0.3) is 0 Å². The first-order valence-corrected chi connectivity index (χ1v) is 5.56. The van der Waals surface area contributed by atoms with Crippen LogP contribution >= 0.6 is 0 Å². The fraction of sp³-hybridized carbons (Fsp3) is 0.154. The molecule has 0 bridgehead atoms. The van der Waals surface area contributed by atoms with Gasteiger partial charge < -0.3 is 10.5 Å². The minimum atomic E-state index is -0.337. The van der Waals surface area contributed by atoms with Crippen molar-refractivity contribution in [3.63, 3.8) is 0 Å². The van der Waals surface area contributed by atoms with Crippen molar-refractivity contribution in [3.05, 3.63) is 42.2 Å². The van der Waals surface area contributed by atoms with Crippen molar-refractivity contribution < 1.29 is 9.53 Å². The molecule has 5 nitrogen and oxygen atoms in total. The molecule has 0 aliphatic rings. The summed E-state index contributed by atoms with van der Waals surface area (Å²) >= 11 is 0. The highest BCUT2D eigenvalue weighted by atomic mass is 16.5. The third-order valence-electron chi connectivity index (χ3n) is 2.38. The van der Waals surface area contributed by atoms with Gasteiger partial charge in [-0.15, -0.1) is 0 Å². The highest BCUT2D eigenvalue weighted by Gasteiger charge is 2.07. The molecule has 0 saturated carbocycles. The molecule has 18 heavy (non-hydrogen) atoms. The van der Waals surface area contributed by atoms with Crippen LogP contribution in [-0.4, -0.2) is 22.5 Å². The Morgan fingerprint density at radius 2 is 2.00 bits per heavy atom. The van der Waals surface area contributed by atoms with Crippen molar-refractivity contribution >= 4 is 11.9 Å². The van der Waals surface area contributed by atoms with E-state index in [4.69, 9.17) is 10.5 Å². The fourth-order valence-corrected chi connectivity index (χ4v) is 1.53. The molecular formula is C13H13N3O2. The predicted octanol–water partition coefficient (Wildman–Crippen LogP) is 1.90. The number of carbonyl (C=O) groups excluding carboxylic acids is 1. The standard InChI is InChI=1S/C13H13N3O2/c1-2-18-12(17)10-5-3-4-9(6-10)11-7-15-13(14)16-8-11/h3-8H,2H2,1H3,(H2,14,15,16). The first-order chi connectivity index (χ1) is 8.70. The average Bonchev–Trinajstić information content (AvgIpc) is 2.40. The molecule has 2 aromatic rings. The van der Waals surface area contributed by atoms with Crippen molar-refractivity contribution in [1.29, 1.82) is 0 Å². The minimum absolute atomic E-state index is 0.222. The molecule has 0 saturated heterocycles. The maximum Gasteiger partial charge on any atom is 0.338 e. The number of benzene rings is 1. The van der Waals surface area contributed by atoms with Gasteiger partial charge in [0.2, 0.25) is 5.95 Å². The lowest BCUT2D eigenvalue weighted by Gasteiger charge is -2.05. The third kappa shape index (κ3) is 2.63. The quantitative estimate of drug-likeness (QED) is 0.833. The van der Waals surface area contributed by atoms with Gasteiger partial charge in [-0.1, -0.05) is 12.1 Å². The highest BCUT2D eigenvalue weighted by molar-refractivity contribution is 5.91. The van der Waals surface area contributed by atoms with Crippen LogP contribution in [0.15, 0.2) is 36.7 Å². The van der Waals surface area contributed by atoms with E-state index in [9.17, 15) is 4.79 Å². The summed E-state index contributed by atoms with van der Waals surface area (Å²) in [4.78, 5) is 19.4. The van der Waals surface area contributed by atoms with Crippen LogP contribution in [0.25, 0.3) is 11.1 Å². The highest BCUT2D eigenvalue weighted by Crippen LogP contribution is 2.19. The number of nitrogens with two attached hydrogens (primary N) is 1. The zero-order valence-corrected chi connectivity index (χ0v) is 9.96. The van der Waals surface area contributed by atoms with E-state index >= 15 is 0 Å². The van der Waals surface area contributed by atoms with Crippen LogP contribution in [0.2, 0.25) is 0 Å². The van der Waals surface area contributed by atoms with E-state index in [0.717, 1.165) is 11.1 Å². The zero-order chi connectivity index (χ0) is 13.0. The molecular weight excluding hydrogens is 230 g/mol. The molecule has 0 fully saturated rings. The second kappa shape index (κ2) is 5.27. The van der Waals surface area contributed by atoms with Gasteiger partial charge >= 0.3 is 5.97 Å². The Morgan fingerprint density at radius 1 is 1.28 bits per heavy atom. The predicted molar refractivity (Wildman–Crippen MR) is 67.8 cm³/mol. The fourth-order valence-electron chi connectivity index (χ4n) is 1.53. The monoisotopic (exact) mass is 243 g/mol. The lowest BCUT2D eigenvalue weighted by molar-refractivity contribution is 0.0526. The Morgan fingerprint density at radius 3 is 2.67 bits per heavy atom. The Hall–Kier alpha value is -2.43. The molecule has 0 radical (unpaired) electrons. The van der Waals surface area contributed by atoms with Gasteiger partial charge in [0.1, 0.15) is 0 Å². The number of nitrogens with zero attached hydrogens (tertiary/aromatic N) is 2. The van der Waals surface area contributed by atoms with E-state index in [2.05, 4.69) is 9.97 Å². The van der Waals surface area contributed by atoms with Crippen molar-refractivity contribution in [2.24, 2.45) is 0 Å². The molecule has 1 aromatic carbocycles. The van der Waals surface area contributed by atoms with Crippen LogP contribution in [0.5, 0.6) is 0 Å². The number of hydrogen-bond donors (Lipinski definition) is 1. The first-order valence-electron chi connectivity index (χ1n) is 5.56. The molecule has 1 heterocycles. The largest absolute Gasteiger partial charge is 0.462 e. The Bertz CT molecular complexity index is 552. The second-order valence-electron chi connectivity index (χ2n) is 3.63. The van der Waals surface area contributed by atoms with Gasteiger partial charge in [0, 0.05) is 18.0 Å². The SMILES string of the molecule is CCOC(=O)c1cccc(-c2cnc(N)nc2)c1. The second-order valence-corrected chi connectivity index (χ2v) is 3.63. The zero-order valence-electron chi connectivity index (χ0n) is 9.96. The Labute approximate surface area is 105 Å². The molecule has 5 heteroatoms. The lowest BCUT2D eigenvalue weighted by atomic mass is 10.1. The molecule has 0 amide bonds. The topological polar surface area (TPSA) is 78.1 Å². The van der Waals surface area contributed by atoms with Crippen LogP contribution in [0.4, 0.5) is 5.95 Å².